The van der Waals surface area contributed by atoms with Crippen LogP contribution in [0.1, 0.15) is 54.3 Å². The molecule has 2 N–H and O–H groups in total. The first-order valence-electron chi connectivity index (χ1n) is 11.0. The zero-order chi connectivity index (χ0) is 20.9. The Hall–Kier alpha value is -2.60. The molecule has 0 spiro atoms. The monoisotopic (exact) mass is 408 g/mol. The Labute approximate surface area is 178 Å². The van der Waals surface area contributed by atoms with Crippen LogP contribution in [-0.4, -0.2) is 54.6 Å². The van der Waals surface area contributed by atoms with E-state index < -0.39 is 0 Å². The van der Waals surface area contributed by atoms with Crippen LogP contribution < -0.4 is 10.1 Å². The van der Waals surface area contributed by atoms with Gasteiger partial charge in [-0.2, -0.15) is 0 Å². The van der Waals surface area contributed by atoms with E-state index in [9.17, 15) is 4.79 Å². The Morgan fingerprint density at radius 2 is 1.97 bits per heavy atom. The van der Waals surface area contributed by atoms with Crippen LogP contribution in [0.2, 0.25) is 0 Å². The first-order valence-corrected chi connectivity index (χ1v) is 11.0. The van der Waals surface area contributed by atoms with Crippen molar-refractivity contribution in [1.29, 1.82) is 0 Å². The molecule has 0 saturated carbocycles. The van der Waals surface area contributed by atoms with Crippen molar-refractivity contribution in [3.05, 3.63) is 47.9 Å². The third-order valence-corrected chi connectivity index (χ3v) is 6.41. The minimum Gasteiger partial charge on any atom is -0.497 e. The van der Waals surface area contributed by atoms with Gasteiger partial charge in [0, 0.05) is 25.1 Å². The van der Waals surface area contributed by atoms with Gasteiger partial charge in [-0.05, 0) is 75.4 Å². The lowest BCUT2D eigenvalue weighted by Gasteiger charge is -2.34. The van der Waals surface area contributed by atoms with E-state index in [0.717, 1.165) is 49.0 Å². The first kappa shape index (κ1) is 20.7. The Morgan fingerprint density at radius 3 is 2.60 bits per heavy atom. The Bertz CT molecular complexity index is 879. The van der Waals surface area contributed by atoms with Gasteiger partial charge in [0.15, 0.2) is 0 Å². The molecule has 4 rings (SSSR count). The van der Waals surface area contributed by atoms with Crippen LogP contribution in [-0.2, 0) is 0 Å². The third-order valence-electron chi connectivity index (χ3n) is 6.41. The molecule has 160 valence electrons. The normalized spacial score (nSPS) is 20.3. The number of likely N-dealkylation sites (tertiary alicyclic amines) is 1. The van der Waals surface area contributed by atoms with Gasteiger partial charge in [0.05, 0.1) is 7.11 Å². The minimum atomic E-state index is -0.137. The number of amides is 1. The van der Waals surface area contributed by atoms with Crippen molar-refractivity contribution in [2.24, 2.45) is 5.92 Å². The predicted molar refractivity (Wildman–Crippen MR) is 119 cm³/mol. The van der Waals surface area contributed by atoms with Crippen molar-refractivity contribution in [2.75, 3.05) is 33.8 Å². The smallest absolute Gasteiger partial charge is 0.269 e. The molecule has 2 aromatic rings. The van der Waals surface area contributed by atoms with Crippen LogP contribution in [0.4, 0.5) is 0 Å². The SMILES string of the molecule is CNC(=O)c1[nH]c(C2CCN(C[C@@H]3CC=CCC3)CC2)nc1-c1ccc(OC)cc1. The maximum atomic E-state index is 12.5. The number of piperidine rings is 1. The predicted octanol–water partition coefficient (Wildman–Crippen LogP) is 3.98. The molecule has 6 heteroatoms. The van der Waals surface area contributed by atoms with Crippen molar-refractivity contribution in [2.45, 2.75) is 38.0 Å². The average molecular weight is 409 g/mol. The fraction of sp³-hybridized carbons (Fsp3) is 0.500. The highest BCUT2D eigenvalue weighted by Gasteiger charge is 2.27. The Morgan fingerprint density at radius 1 is 1.20 bits per heavy atom. The number of imidazole rings is 1. The van der Waals surface area contributed by atoms with Crippen LogP contribution in [0.5, 0.6) is 5.75 Å². The molecule has 1 aliphatic carbocycles. The van der Waals surface area contributed by atoms with Crippen LogP contribution in [0.15, 0.2) is 36.4 Å². The molecule has 30 heavy (non-hydrogen) atoms. The van der Waals surface area contributed by atoms with Crippen molar-refractivity contribution in [1.82, 2.24) is 20.2 Å². The molecular formula is C24H32N4O2. The molecule has 6 nitrogen and oxygen atoms in total. The van der Waals surface area contributed by atoms with Gasteiger partial charge in [-0.15, -0.1) is 0 Å². The number of rotatable bonds is 6. The average Bonchev–Trinajstić information content (AvgIpc) is 3.25. The van der Waals surface area contributed by atoms with E-state index in [-0.39, 0.29) is 5.91 Å². The lowest BCUT2D eigenvalue weighted by Crippen LogP contribution is -2.37. The van der Waals surface area contributed by atoms with E-state index in [2.05, 4.69) is 27.4 Å². The summed E-state index contributed by atoms with van der Waals surface area (Å²) in [5.41, 5.74) is 2.16. The number of H-pyrrole nitrogens is 1. The summed E-state index contributed by atoms with van der Waals surface area (Å²) >= 11 is 0. The van der Waals surface area contributed by atoms with Crippen LogP contribution in [0.3, 0.4) is 0 Å². The summed E-state index contributed by atoms with van der Waals surface area (Å²) in [5, 5.41) is 2.73. The molecule has 0 bridgehead atoms. The molecule has 2 aliphatic rings. The molecule has 1 atom stereocenters. The van der Waals surface area contributed by atoms with E-state index in [1.807, 2.05) is 24.3 Å². The fourth-order valence-corrected chi connectivity index (χ4v) is 4.61. The minimum absolute atomic E-state index is 0.137. The third kappa shape index (κ3) is 4.59. The summed E-state index contributed by atoms with van der Waals surface area (Å²) in [6.07, 6.45) is 10.6. The Kier molecular flexibility index (Phi) is 6.53. The van der Waals surface area contributed by atoms with Gasteiger partial charge in [-0.1, -0.05) is 12.2 Å². The molecule has 1 amide bonds. The van der Waals surface area contributed by atoms with Crippen molar-refractivity contribution in [3.63, 3.8) is 0 Å². The molecule has 1 aliphatic heterocycles. The molecule has 0 unspecified atom stereocenters. The molecule has 1 aromatic heterocycles. The van der Waals surface area contributed by atoms with E-state index in [1.165, 1.54) is 25.8 Å². The number of nitrogens with one attached hydrogen (secondary N) is 2. The lowest BCUT2D eigenvalue weighted by atomic mass is 9.91. The summed E-state index contributed by atoms with van der Waals surface area (Å²) < 4.78 is 5.25. The molecule has 1 fully saturated rings. The summed E-state index contributed by atoms with van der Waals surface area (Å²) in [5.74, 6) is 2.75. The van der Waals surface area contributed by atoms with Gasteiger partial charge in [-0.3, -0.25) is 4.79 Å². The number of aromatic nitrogens is 2. The highest BCUT2D eigenvalue weighted by atomic mass is 16.5. The number of hydrogen-bond acceptors (Lipinski definition) is 4. The summed E-state index contributed by atoms with van der Waals surface area (Å²) in [6, 6.07) is 7.70. The highest BCUT2D eigenvalue weighted by molar-refractivity contribution is 5.98. The Balaban J connectivity index is 1.47. The quantitative estimate of drug-likeness (QED) is 0.710. The largest absolute Gasteiger partial charge is 0.497 e. The summed E-state index contributed by atoms with van der Waals surface area (Å²) in [6.45, 7) is 3.40. The molecule has 0 radical (unpaired) electrons. The number of benzene rings is 1. The highest BCUT2D eigenvalue weighted by Crippen LogP contribution is 2.32. The van der Waals surface area contributed by atoms with E-state index >= 15 is 0 Å². The molecule has 1 saturated heterocycles. The number of carbonyl (C=O) groups excluding carboxylic acids is 1. The van der Waals surface area contributed by atoms with Gasteiger partial charge in [0.25, 0.3) is 5.91 Å². The molecular weight excluding hydrogens is 376 g/mol. The fourth-order valence-electron chi connectivity index (χ4n) is 4.61. The molecule has 2 heterocycles. The topological polar surface area (TPSA) is 70.2 Å². The van der Waals surface area contributed by atoms with Gasteiger partial charge in [-0.25, -0.2) is 4.98 Å². The number of allylic oxidation sites excluding steroid dienone is 2. The summed E-state index contributed by atoms with van der Waals surface area (Å²) in [4.78, 5) is 23.3. The second kappa shape index (κ2) is 9.47. The van der Waals surface area contributed by atoms with Gasteiger partial charge >= 0.3 is 0 Å². The number of ether oxygens (including phenoxy) is 1. The zero-order valence-electron chi connectivity index (χ0n) is 18.0. The lowest BCUT2D eigenvalue weighted by molar-refractivity contribution is 0.0959. The number of nitrogens with zero attached hydrogens (tertiary/aromatic N) is 2. The van der Waals surface area contributed by atoms with E-state index in [4.69, 9.17) is 9.72 Å². The van der Waals surface area contributed by atoms with Crippen LogP contribution >= 0.6 is 0 Å². The van der Waals surface area contributed by atoms with Crippen LogP contribution in [0.25, 0.3) is 11.3 Å². The van der Waals surface area contributed by atoms with Crippen LogP contribution in [0, 0.1) is 5.92 Å². The van der Waals surface area contributed by atoms with Gasteiger partial charge in [0.2, 0.25) is 0 Å². The van der Waals surface area contributed by atoms with E-state index in [1.54, 1.807) is 14.2 Å². The zero-order valence-corrected chi connectivity index (χ0v) is 18.0. The summed E-state index contributed by atoms with van der Waals surface area (Å²) in [7, 11) is 3.30. The maximum absolute atomic E-state index is 12.5. The van der Waals surface area contributed by atoms with Crippen molar-refractivity contribution >= 4 is 5.91 Å². The molecule has 1 aromatic carbocycles. The standard InChI is InChI=1S/C24H32N4O2/c1-25-24(29)22-21(18-8-10-20(30-2)11-9-18)26-23(27-22)19-12-14-28(15-13-19)16-17-6-4-3-5-7-17/h3-4,8-11,17,19H,5-7,12-16H2,1-2H3,(H,25,29)(H,26,27)/t17-/m1/s1. The van der Waals surface area contributed by atoms with Gasteiger partial charge in [0.1, 0.15) is 23.0 Å². The number of methoxy groups -OCH3 is 1. The number of carbonyl (C=O) groups is 1. The number of hydrogen-bond donors (Lipinski definition) is 2. The second-order valence-electron chi connectivity index (χ2n) is 8.38. The van der Waals surface area contributed by atoms with E-state index in [0.29, 0.717) is 17.3 Å². The van der Waals surface area contributed by atoms with Gasteiger partial charge < -0.3 is 19.9 Å². The maximum Gasteiger partial charge on any atom is 0.269 e. The second-order valence-corrected chi connectivity index (χ2v) is 8.38. The van der Waals surface area contributed by atoms with Crippen molar-refractivity contribution in [3.8, 4) is 17.0 Å². The first-order chi connectivity index (χ1) is 14.7. The number of aromatic amines is 1. The van der Waals surface area contributed by atoms with Crippen molar-refractivity contribution < 1.29 is 9.53 Å².